The third-order valence-corrected chi connectivity index (χ3v) is 5.15. The van der Waals surface area contributed by atoms with Gasteiger partial charge in [0.2, 0.25) is 5.91 Å². The molecule has 1 saturated carbocycles. The third kappa shape index (κ3) is 7.50. The summed E-state index contributed by atoms with van der Waals surface area (Å²) in [6, 6.07) is 1.77. The lowest BCUT2D eigenvalue weighted by atomic mass is 10.0. The minimum absolute atomic E-state index is 0.0867. The summed E-state index contributed by atoms with van der Waals surface area (Å²) in [5.41, 5.74) is 2.20. The molecule has 1 aliphatic carbocycles. The molecule has 0 radical (unpaired) electrons. The van der Waals surface area contributed by atoms with Gasteiger partial charge in [0.05, 0.1) is 30.8 Å². The third-order valence-electron chi connectivity index (χ3n) is 5.15. The van der Waals surface area contributed by atoms with Crippen LogP contribution in [0.4, 0.5) is 23.8 Å². The number of aromatic amines is 1. The van der Waals surface area contributed by atoms with Crippen LogP contribution in [0.2, 0.25) is 0 Å². The zero-order valence-electron chi connectivity index (χ0n) is 17.5. The number of hydrogen-bond donors (Lipinski definition) is 3. The smallest absolute Gasteiger partial charge is 0.407 e. The maximum absolute atomic E-state index is 12.2. The Morgan fingerprint density at radius 2 is 2.06 bits per heavy atom. The normalized spacial score (nSPS) is 18.4. The van der Waals surface area contributed by atoms with Crippen LogP contribution < -0.4 is 10.6 Å². The van der Waals surface area contributed by atoms with Crippen LogP contribution in [0.3, 0.4) is 0 Å². The Kier molecular flexibility index (Phi) is 7.65. The first kappa shape index (κ1) is 23.5. The molecule has 0 aliphatic heterocycles. The second-order valence-electron chi connectivity index (χ2n) is 7.85. The topological polar surface area (TPSA) is 122 Å². The van der Waals surface area contributed by atoms with Crippen LogP contribution >= 0.6 is 0 Å². The summed E-state index contributed by atoms with van der Waals surface area (Å²) in [6.07, 6.45) is -0.612. The van der Waals surface area contributed by atoms with Crippen LogP contribution in [0.15, 0.2) is 18.5 Å². The molecule has 0 spiro atoms. The minimum Gasteiger partial charge on any atom is -0.449 e. The number of carbonyl (C=O) groups excluding carboxylic acids is 2. The van der Waals surface area contributed by atoms with Gasteiger partial charge in [0, 0.05) is 36.6 Å². The number of H-pyrrole nitrogens is 1. The second-order valence-corrected chi connectivity index (χ2v) is 7.85. The second kappa shape index (κ2) is 10.4. The average Bonchev–Trinajstić information content (AvgIpc) is 3.36. The number of hydrogen-bond acceptors (Lipinski definition) is 6. The van der Waals surface area contributed by atoms with Gasteiger partial charge in [0.25, 0.3) is 0 Å². The van der Waals surface area contributed by atoms with Gasteiger partial charge in [0.1, 0.15) is 0 Å². The maximum Gasteiger partial charge on any atom is 0.407 e. The number of rotatable bonds is 8. The van der Waals surface area contributed by atoms with Gasteiger partial charge < -0.3 is 15.4 Å². The molecule has 3 N–H and O–H groups in total. The van der Waals surface area contributed by atoms with E-state index in [-0.39, 0.29) is 30.8 Å². The van der Waals surface area contributed by atoms with Crippen LogP contribution in [0.1, 0.15) is 48.7 Å². The number of anilines is 1. The Morgan fingerprint density at radius 1 is 1.25 bits per heavy atom. The molecule has 2 atom stereocenters. The molecule has 174 valence electrons. The molecular formula is C20H25F3N6O3. The summed E-state index contributed by atoms with van der Waals surface area (Å²) < 4.78 is 41.3. The highest BCUT2D eigenvalue weighted by Crippen LogP contribution is 2.38. The zero-order chi connectivity index (χ0) is 23.1. The molecular weight excluding hydrogens is 429 g/mol. The molecule has 1 fully saturated rings. The summed E-state index contributed by atoms with van der Waals surface area (Å²) in [6.45, 7) is 1.45. The highest BCUT2D eigenvalue weighted by molar-refractivity contribution is 5.91. The first-order valence-corrected chi connectivity index (χ1v) is 10.3. The van der Waals surface area contributed by atoms with Gasteiger partial charge >= 0.3 is 12.3 Å². The highest BCUT2D eigenvalue weighted by atomic mass is 19.4. The molecule has 0 aromatic carbocycles. The monoisotopic (exact) mass is 454 g/mol. The quantitative estimate of drug-likeness (QED) is 0.563. The van der Waals surface area contributed by atoms with Crippen molar-refractivity contribution in [1.29, 1.82) is 0 Å². The lowest BCUT2D eigenvalue weighted by molar-refractivity contribution is -0.133. The highest BCUT2D eigenvalue weighted by Gasteiger charge is 2.29. The molecule has 2 amide bonds. The summed E-state index contributed by atoms with van der Waals surface area (Å²) in [4.78, 5) is 32.0. The summed E-state index contributed by atoms with van der Waals surface area (Å²) in [7, 11) is 0. The van der Waals surface area contributed by atoms with Crippen LogP contribution in [-0.2, 0) is 16.0 Å². The SMILES string of the molecule is Cc1cnc(CC(=O)Nc2cc([C@H]3CC[C@@H](COC(=O)NCCC(F)(F)F)C3)[nH]n2)cn1. The average molecular weight is 454 g/mol. The molecule has 0 saturated heterocycles. The number of ether oxygens (including phenoxy) is 1. The van der Waals surface area contributed by atoms with Crippen molar-refractivity contribution in [3.63, 3.8) is 0 Å². The molecule has 2 heterocycles. The van der Waals surface area contributed by atoms with Crippen LogP contribution in [0, 0.1) is 12.8 Å². The number of aromatic nitrogens is 4. The minimum atomic E-state index is -4.32. The van der Waals surface area contributed by atoms with E-state index in [1.165, 1.54) is 0 Å². The molecule has 32 heavy (non-hydrogen) atoms. The van der Waals surface area contributed by atoms with Crippen molar-refractivity contribution in [1.82, 2.24) is 25.5 Å². The Morgan fingerprint density at radius 3 is 2.78 bits per heavy atom. The van der Waals surface area contributed by atoms with E-state index < -0.39 is 25.2 Å². The van der Waals surface area contributed by atoms with Gasteiger partial charge in [-0.25, -0.2) is 4.79 Å². The molecule has 0 bridgehead atoms. The number of amides is 2. The van der Waals surface area contributed by atoms with E-state index in [2.05, 4.69) is 30.8 Å². The van der Waals surface area contributed by atoms with E-state index in [0.717, 1.165) is 30.7 Å². The Balaban J connectivity index is 1.39. The van der Waals surface area contributed by atoms with Gasteiger partial charge in [-0.15, -0.1) is 0 Å². The van der Waals surface area contributed by atoms with E-state index in [1.807, 2.05) is 6.92 Å². The van der Waals surface area contributed by atoms with Crippen molar-refractivity contribution in [2.24, 2.45) is 5.92 Å². The lowest BCUT2D eigenvalue weighted by Gasteiger charge is -2.12. The molecule has 0 unspecified atom stereocenters. The van der Waals surface area contributed by atoms with Crippen LogP contribution in [0.5, 0.6) is 0 Å². The Hall–Kier alpha value is -3.18. The van der Waals surface area contributed by atoms with Crippen molar-refractivity contribution in [3.8, 4) is 0 Å². The van der Waals surface area contributed by atoms with Crippen molar-refractivity contribution in [2.45, 2.75) is 51.1 Å². The Labute approximate surface area is 182 Å². The molecule has 12 heteroatoms. The van der Waals surface area contributed by atoms with E-state index in [1.54, 1.807) is 18.5 Å². The molecule has 3 rings (SSSR count). The van der Waals surface area contributed by atoms with Crippen molar-refractivity contribution in [2.75, 3.05) is 18.5 Å². The molecule has 9 nitrogen and oxygen atoms in total. The number of aryl methyl sites for hydroxylation is 1. The van der Waals surface area contributed by atoms with Crippen LogP contribution in [0.25, 0.3) is 0 Å². The Bertz CT molecular complexity index is 916. The lowest BCUT2D eigenvalue weighted by Crippen LogP contribution is -2.29. The van der Waals surface area contributed by atoms with E-state index >= 15 is 0 Å². The largest absolute Gasteiger partial charge is 0.449 e. The maximum atomic E-state index is 12.2. The van der Waals surface area contributed by atoms with Gasteiger partial charge in [-0.05, 0) is 32.1 Å². The first-order chi connectivity index (χ1) is 15.2. The number of alkyl halides is 3. The van der Waals surface area contributed by atoms with Crippen molar-refractivity contribution in [3.05, 3.63) is 35.5 Å². The van der Waals surface area contributed by atoms with E-state index in [9.17, 15) is 22.8 Å². The number of nitrogens with one attached hydrogen (secondary N) is 3. The van der Waals surface area contributed by atoms with Gasteiger partial charge in [-0.3, -0.25) is 19.9 Å². The predicted molar refractivity (Wildman–Crippen MR) is 108 cm³/mol. The van der Waals surface area contributed by atoms with E-state index in [4.69, 9.17) is 4.74 Å². The van der Waals surface area contributed by atoms with Crippen LogP contribution in [-0.4, -0.2) is 51.5 Å². The summed E-state index contributed by atoms with van der Waals surface area (Å²) in [5, 5.41) is 11.9. The number of carbonyl (C=O) groups is 2. The fourth-order valence-corrected chi connectivity index (χ4v) is 3.53. The molecule has 1 aliphatic rings. The summed E-state index contributed by atoms with van der Waals surface area (Å²) >= 11 is 0. The number of alkyl carbamates (subject to hydrolysis) is 1. The molecule has 2 aromatic rings. The first-order valence-electron chi connectivity index (χ1n) is 10.3. The summed E-state index contributed by atoms with van der Waals surface area (Å²) in [5.74, 6) is 0.428. The fraction of sp³-hybridized carbons (Fsp3) is 0.550. The zero-order valence-corrected chi connectivity index (χ0v) is 17.5. The molecule has 2 aromatic heterocycles. The standard InChI is InChI=1S/C20H25F3N6O3/c1-12-9-26-15(10-25-12)7-18(30)27-17-8-16(28-29-17)14-3-2-13(6-14)11-32-19(31)24-5-4-20(21,22)23/h8-10,13-14H,2-7,11H2,1H3,(H,24,31)(H2,27,28,29,30)/t13-,14+/m1/s1. The number of nitrogens with zero attached hydrogens (tertiary/aromatic N) is 3. The van der Waals surface area contributed by atoms with Crippen molar-refractivity contribution >= 4 is 17.8 Å². The van der Waals surface area contributed by atoms with Crippen molar-refractivity contribution < 1.29 is 27.5 Å². The van der Waals surface area contributed by atoms with E-state index in [0.29, 0.717) is 11.5 Å². The number of halogens is 3. The predicted octanol–water partition coefficient (Wildman–Crippen LogP) is 3.25. The van der Waals surface area contributed by atoms with Gasteiger partial charge in [-0.1, -0.05) is 0 Å². The van der Waals surface area contributed by atoms with Gasteiger partial charge in [0.15, 0.2) is 5.82 Å². The fourth-order valence-electron chi connectivity index (χ4n) is 3.53. The van der Waals surface area contributed by atoms with Gasteiger partial charge in [-0.2, -0.15) is 18.3 Å².